The Labute approximate surface area is 60.5 Å². The van der Waals surface area contributed by atoms with Gasteiger partial charge in [0, 0.05) is 0 Å². The van der Waals surface area contributed by atoms with Gasteiger partial charge in [0.25, 0.3) is 0 Å². The monoisotopic (exact) mass is 140 g/mol. The van der Waals surface area contributed by atoms with Crippen LogP contribution < -0.4 is 0 Å². The van der Waals surface area contributed by atoms with E-state index in [2.05, 4.69) is 13.2 Å². The molecule has 0 aromatic heterocycles. The Morgan fingerprint density at radius 1 is 1.50 bits per heavy atom. The van der Waals surface area contributed by atoms with Gasteiger partial charge in [-0.1, -0.05) is 12.2 Å². The summed E-state index contributed by atoms with van der Waals surface area (Å²) in [4.78, 5) is 14.8. The van der Waals surface area contributed by atoms with Crippen LogP contribution in [0.5, 0.6) is 0 Å². The number of hydrogen-bond acceptors (Lipinski definition) is 2. The van der Waals surface area contributed by atoms with Crippen LogP contribution in [-0.4, -0.2) is 24.6 Å². The molecular weight excluding hydrogens is 130 g/mol. The van der Waals surface area contributed by atoms with Gasteiger partial charge < -0.3 is 0 Å². The molecule has 0 aliphatic rings. The molecule has 0 fully saturated rings. The first-order valence-electron chi connectivity index (χ1n) is 2.85. The van der Waals surface area contributed by atoms with Gasteiger partial charge in [0.1, 0.15) is 0 Å². The van der Waals surface area contributed by atoms with Crippen molar-refractivity contribution in [3.8, 4) is 0 Å². The second-order valence-corrected chi connectivity index (χ2v) is 1.53. The van der Waals surface area contributed by atoms with E-state index in [0.29, 0.717) is 13.2 Å². The standard InChI is InChI=1S/C7H10NO2/c1-3-5-8(7-9)10-6-4-2/h3-4H,1-2,5-6H2. The zero-order valence-corrected chi connectivity index (χ0v) is 5.75. The van der Waals surface area contributed by atoms with E-state index in [1.165, 1.54) is 0 Å². The van der Waals surface area contributed by atoms with Crippen LogP contribution in [0.4, 0.5) is 0 Å². The van der Waals surface area contributed by atoms with Gasteiger partial charge in [0.15, 0.2) is 0 Å². The highest BCUT2D eigenvalue weighted by atomic mass is 16.7. The third-order valence-corrected chi connectivity index (χ3v) is 0.745. The highest BCUT2D eigenvalue weighted by Gasteiger charge is 1.96. The molecular formula is C7H10NO2. The lowest BCUT2D eigenvalue weighted by molar-refractivity contribution is -0.0778. The van der Waals surface area contributed by atoms with Crippen LogP contribution in [-0.2, 0) is 9.63 Å². The Kier molecular flexibility index (Phi) is 5.38. The average molecular weight is 140 g/mol. The molecule has 3 nitrogen and oxygen atoms in total. The highest BCUT2D eigenvalue weighted by molar-refractivity contribution is 5.46. The van der Waals surface area contributed by atoms with E-state index >= 15 is 0 Å². The molecule has 0 N–H and O–H groups in total. The van der Waals surface area contributed by atoms with E-state index in [-0.39, 0.29) is 0 Å². The maximum atomic E-state index is 9.99. The lowest BCUT2D eigenvalue weighted by atomic mass is 10.6. The molecule has 0 saturated heterocycles. The second kappa shape index (κ2) is 6.04. The van der Waals surface area contributed by atoms with Crippen LogP contribution in [0, 0.1) is 0 Å². The molecule has 1 radical (unpaired) electrons. The summed E-state index contributed by atoms with van der Waals surface area (Å²) >= 11 is 0. The number of nitrogens with zero attached hydrogens (tertiary/aromatic N) is 1. The van der Waals surface area contributed by atoms with E-state index in [1.807, 2.05) is 0 Å². The lowest BCUT2D eigenvalue weighted by Gasteiger charge is -2.10. The maximum absolute atomic E-state index is 9.99. The predicted molar refractivity (Wildman–Crippen MR) is 38.7 cm³/mol. The van der Waals surface area contributed by atoms with E-state index in [1.54, 1.807) is 18.6 Å². The summed E-state index contributed by atoms with van der Waals surface area (Å²) in [5.74, 6) is 0. The van der Waals surface area contributed by atoms with Crippen molar-refractivity contribution >= 4 is 6.41 Å². The van der Waals surface area contributed by atoms with Crippen molar-refractivity contribution in [2.75, 3.05) is 13.2 Å². The van der Waals surface area contributed by atoms with E-state index in [0.717, 1.165) is 5.06 Å². The molecule has 0 unspecified atom stereocenters. The Morgan fingerprint density at radius 3 is 2.60 bits per heavy atom. The van der Waals surface area contributed by atoms with Crippen molar-refractivity contribution in [2.24, 2.45) is 0 Å². The minimum Gasteiger partial charge on any atom is -0.266 e. The fourth-order valence-electron chi connectivity index (χ4n) is 0.376. The van der Waals surface area contributed by atoms with E-state index in [9.17, 15) is 4.79 Å². The molecule has 0 aliphatic carbocycles. The first kappa shape index (κ1) is 8.91. The highest BCUT2D eigenvalue weighted by Crippen LogP contribution is 1.85. The number of rotatable bonds is 6. The van der Waals surface area contributed by atoms with Crippen LogP contribution >= 0.6 is 0 Å². The average Bonchev–Trinajstić information content (AvgIpc) is 1.98. The molecule has 1 amide bonds. The third kappa shape index (κ3) is 3.86. The van der Waals surface area contributed by atoms with Crippen molar-refractivity contribution in [1.29, 1.82) is 0 Å². The predicted octanol–water partition coefficient (Wildman–Crippen LogP) is 0.659. The van der Waals surface area contributed by atoms with Gasteiger partial charge in [-0.25, -0.2) is 5.06 Å². The van der Waals surface area contributed by atoms with Gasteiger partial charge in [-0.3, -0.25) is 9.63 Å². The third-order valence-electron chi connectivity index (χ3n) is 0.745. The summed E-state index contributed by atoms with van der Waals surface area (Å²) in [7, 11) is 0. The minimum atomic E-state index is 0.309. The molecule has 0 aromatic rings. The summed E-state index contributed by atoms with van der Waals surface area (Å²) in [5, 5.41) is 1.02. The molecule has 0 saturated carbocycles. The number of amides is 1. The zero-order chi connectivity index (χ0) is 7.82. The SMILES string of the molecule is C=CCON([C]=O)CC=C. The second-order valence-electron chi connectivity index (χ2n) is 1.53. The Hall–Kier alpha value is -1.09. The Balaban J connectivity index is 3.47. The van der Waals surface area contributed by atoms with Crippen LogP contribution in [0.3, 0.4) is 0 Å². The van der Waals surface area contributed by atoms with Crippen LogP contribution in [0.25, 0.3) is 0 Å². The largest absolute Gasteiger partial charge is 0.338 e. The summed E-state index contributed by atoms with van der Waals surface area (Å²) in [6.07, 6.45) is 4.68. The van der Waals surface area contributed by atoms with Gasteiger partial charge in [-0.2, -0.15) is 0 Å². The van der Waals surface area contributed by atoms with Gasteiger partial charge in [0.2, 0.25) is 0 Å². The molecule has 10 heavy (non-hydrogen) atoms. The van der Waals surface area contributed by atoms with Crippen molar-refractivity contribution in [3.05, 3.63) is 25.3 Å². The van der Waals surface area contributed by atoms with Crippen LogP contribution in [0.15, 0.2) is 25.3 Å². The zero-order valence-electron chi connectivity index (χ0n) is 5.75. The van der Waals surface area contributed by atoms with Gasteiger partial charge >= 0.3 is 6.41 Å². The van der Waals surface area contributed by atoms with Crippen molar-refractivity contribution < 1.29 is 9.63 Å². The molecule has 0 spiro atoms. The molecule has 0 aliphatic heterocycles. The fourth-order valence-corrected chi connectivity index (χ4v) is 0.376. The molecule has 55 valence electrons. The minimum absolute atomic E-state index is 0.309. The van der Waals surface area contributed by atoms with E-state index in [4.69, 9.17) is 4.84 Å². The van der Waals surface area contributed by atoms with Gasteiger partial charge in [-0.05, 0) is 0 Å². The summed E-state index contributed by atoms with van der Waals surface area (Å²) < 4.78 is 0. The molecule has 0 heterocycles. The smallest absolute Gasteiger partial charge is 0.266 e. The molecule has 0 bridgehead atoms. The number of carbonyl (C=O) groups excluding carboxylic acids is 1. The summed E-state index contributed by atoms with van der Waals surface area (Å²) in [6.45, 7) is 7.50. The summed E-state index contributed by atoms with van der Waals surface area (Å²) in [5.41, 5.74) is 0. The van der Waals surface area contributed by atoms with Crippen molar-refractivity contribution in [3.63, 3.8) is 0 Å². The number of hydroxylamine groups is 2. The van der Waals surface area contributed by atoms with Crippen LogP contribution in [0.2, 0.25) is 0 Å². The molecule has 0 rings (SSSR count). The normalized spacial score (nSPS) is 8.40. The van der Waals surface area contributed by atoms with E-state index < -0.39 is 0 Å². The van der Waals surface area contributed by atoms with Crippen molar-refractivity contribution in [2.45, 2.75) is 0 Å². The molecule has 0 atom stereocenters. The fraction of sp³-hybridized carbons (Fsp3) is 0.286. The lowest BCUT2D eigenvalue weighted by Crippen LogP contribution is -2.22. The van der Waals surface area contributed by atoms with Gasteiger partial charge in [-0.15, -0.1) is 13.2 Å². The van der Waals surface area contributed by atoms with Gasteiger partial charge in [0.05, 0.1) is 13.2 Å². The molecule has 3 heteroatoms. The topological polar surface area (TPSA) is 29.5 Å². The quantitative estimate of drug-likeness (QED) is 0.308. The Morgan fingerprint density at radius 2 is 2.20 bits per heavy atom. The first-order valence-corrected chi connectivity index (χ1v) is 2.85. The van der Waals surface area contributed by atoms with Crippen LogP contribution in [0.1, 0.15) is 0 Å². The summed E-state index contributed by atoms with van der Waals surface area (Å²) in [6, 6.07) is 0. The molecule has 0 aromatic carbocycles. The first-order chi connectivity index (χ1) is 4.85. The van der Waals surface area contributed by atoms with Crippen molar-refractivity contribution in [1.82, 2.24) is 5.06 Å². The Bertz CT molecular complexity index is 123. The number of hydrogen-bond donors (Lipinski definition) is 0. The maximum Gasteiger partial charge on any atom is 0.338 e.